The van der Waals surface area contributed by atoms with E-state index in [1.54, 1.807) is 29.4 Å². The van der Waals surface area contributed by atoms with E-state index in [-0.39, 0.29) is 11.4 Å². The summed E-state index contributed by atoms with van der Waals surface area (Å²) in [4.78, 5) is 27.7. The quantitative estimate of drug-likeness (QED) is 0.755. The number of benzene rings is 1. The number of halogens is 1. The molecule has 0 bridgehead atoms. The molecule has 4 heterocycles. The molecule has 1 aromatic carbocycles. The zero-order valence-corrected chi connectivity index (χ0v) is 15.8. The summed E-state index contributed by atoms with van der Waals surface area (Å²) in [6.07, 6.45) is 3.56. The third-order valence-electron chi connectivity index (χ3n) is 5.46. The van der Waals surface area contributed by atoms with Gasteiger partial charge in [-0.25, -0.2) is 9.78 Å². The van der Waals surface area contributed by atoms with Gasteiger partial charge in [0.25, 0.3) is 0 Å². The first-order valence-corrected chi connectivity index (χ1v) is 9.43. The number of aromatic nitrogens is 2. The normalized spacial score (nSPS) is 19.9. The van der Waals surface area contributed by atoms with Gasteiger partial charge in [-0.05, 0) is 19.1 Å². The van der Waals surface area contributed by atoms with E-state index in [1.165, 1.54) is 0 Å². The number of fused-ring (bicyclic) bond motifs is 1. The number of nitrogens with zero attached hydrogens (tertiary/aromatic N) is 5. The maximum absolute atomic E-state index is 13.0. The first-order chi connectivity index (χ1) is 13.0. The van der Waals surface area contributed by atoms with Gasteiger partial charge < -0.3 is 14.5 Å². The van der Waals surface area contributed by atoms with Crippen LogP contribution in [0.15, 0.2) is 30.6 Å². The minimum Gasteiger partial charge on any atom is -0.489 e. The predicted molar refractivity (Wildman–Crippen MR) is 103 cm³/mol. The number of carbonyl (C=O) groups is 1. The molecule has 0 aliphatic carbocycles. The molecule has 2 fully saturated rings. The number of hydrogen-bond donors (Lipinski definition) is 0. The molecule has 2 aromatic rings. The standard InChI is InChI=1S/C19H20ClN5O2/c1-13-7-21-8-17(22-13)23-9-19(10-23)11-24(12-19)18(26)25-4-5-27-16-6-14(20)2-3-15(16)25/h2-3,6-8H,4-5,9-12H2,1H3. The Morgan fingerprint density at radius 1 is 1.22 bits per heavy atom. The minimum absolute atomic E-state index is 0.0429. The summed E-state index contributed by atoms with van der Waals surface area (Å²) < 4.78 is 5.65. The third-order valence-corrected chi connectivity index (χ3v) is 5.69. The first-order valence-electron chi connectivity index (χ1n) is 9.05. The molecule has 0 radical (unpaired) electrons. The van der Waals surface area contributed by atoms with E-state index in [4.69, 9.17) is 16.3 Å². The lowest BCUT2D eigenvalue weighted by Crippen LogP contribution is -2.74. The second-order valence-electron chi connectivity index (χ2n) is 7.63. The van der Waals surface area contributed by atoms with Gasteiger partial charge in [0, 0.05) is 48.9 Å². The van der Waals surface area contributed by atoms with Crippen molar-refractivity contribution in [1.29, 1.82) is 0 Å². The van der Waals surface area contributed by atoms with E-state index in [0.29, 0.717) is 23.9 Å². The summed E-state index contributed by atoms with van der Waals surface area (Å²) in [6.45, 7) is 6.39. The van der Waals surface area contributed by atoms with Crippen molar-refractivity contribution < 1.29 is 9.53 Å². The highest BCUT2D eigenvalue weighted by molar-refractivity contribution is 6.30. The number of aryl methyl sites for hydroxylation is 1. The molecule has 1 aromatic heterocycles. The van der Waals surface area contributed by atoms with Crippen molar-refractivity contribution in [2.75, 3.05) is 49.1 Å². The highest BCUT2D eigenvalue weighted by atomic mass is 35.5. The maximum Gasteiger partial charge on any atom is 0.324 e. The van der Waals surface area contributed by atoms with E-state index >= 15 is 0 Å². The Morgan fingerprint density at radius 3 is 2.81 bits per heavy atom. The van der Waals surface area contributed by atoms with Crippen LogP contribution in [0.1, 0.15) is 5.69 Å². The molecule has 3 aliphatic heterocycles. The second-order valence-corrected chi connectivity index (χ2v) is 8.06. The van der Waals surface area contributed by atoms with Crippen molar-refractivity contribution in [1.82, 2.24) is 14.9 Å². The highest BCUT2D eigenvalue weighted by Crippen LogP contribution is 2.43. The van der Waals surface area contributed by atoms with Gasteiger partial charge >= 0.3 is 6.03 Å². The van der Waals surface area contributed by atoms with E-state index in [9.17, 15) is 4.79 Å². The summed E-state index contributed by atoms with van der Waals surface area (Å²) >= 11 is 6.03. The number of amides is 2. The monoisotopic (exact) mass is 385 g/mol. The third kappa shape index (κ3) is 2.77. The average molecular weight is 386 g/mol. The molecule has 140 valence electrons. The van der Waals surface area contributed by atoms with Crippen LogP contribution in [0.2, 0.25) is 5.02 Å². The molecule has 5 rings (SSSR count). The van der Waals surface area contributed by atoms with Gasteiger partial charge in [-0.3, -0.25) is 9.88 Å². The molecule has 0 saturated carbocycles. The van der Waals surface area contributed by atoms with Crippen LogP contribution in [0.5, 0.6) is 5.75 Å². The summed E-state index contributed by atoms with van der Waals surface area (Å²) in [5.41, 5.74) is 1.91. The molecule has 27 heavy (non-hydrogen) atoms. The molecular formula is C19H20ClN5O2. The fourth-order valence-corrected chi connectivity index (χ4v) is 4.35. The van der Waals surface area contributed by atoms with Crippen LogP contribution in [-0.2, 0) is 0 Å². The maximum atomic E-state index is 13.0. The lowest BCUT2D eigenvalue weighted by atomic mass is 9.73. The van der Waals surface area contributed by atoms with E-state index < -0.39 is 0 Å². The summed E-state index contributed by atoms with van der Waals surface area (Å²) in [7, 11) is 0. The Labute approximate surface area is 162 Å². The molecule has 8 heteroatoms. The predicted octanol–water partition coefficient (Wildman–Crippen LogP) is 2.58. The van der Waals surface area contributed by atoms with E-state index in [0.717, 1.165) is 43.4 Å². The van der Waals surface area contributed by atoms with Crippen molar-refractivity contribution in [3.63, 3.8) is 0 Å². The summed E-state index contributed by atoms with van der Waals surface area (Å²) in [5, 5.41) is 0.611. The summed E-state index contributed by atoms with van der Waals surface area (Å²) in [6, 6.07) is 5.45. The molecule has 7 nitrogen and oxygen atoms in total. The van der Waals surface area contributed by atoms with Crippen LogP contribution < -0.4 is 14.5 Å². The van der Waals surface area contributed by atoms with E-state index in [2.05, 4.69) is 14.9 Å². The summed E-state index contributed by atoms with van der Waals surface area (Å²) in [5.74, 6) is 1.59. The van der Waals surface area contributed by atoms with Gasteiger partial charge in [-0.1, -0.05) is 11.6 Å². The van der Waals surface area contributed by atoms with Gasteiger partial charge in [0.15, 0.2) is 0 Å². The van der Waals surface area contributed by atoms with Gasteiger partial charge in [0.05, 0.1) is 24.1 Å². The zero-order valence-electron chi connectivity index (χ0n) is 15.1. The average Bonchev–Trinajstić information content (AvgIpc) is 2.58. The van der Waals surface area contributed by atoms with Crippen LogP contribution >= 0.6 is 11.6 Å². The lowest BCUT2D eigenvalue weighted by Gasteiger charge is -2.60. The van der Waals surface area contributed by atoms with E-state index in [1.807, 2.05) is 17.9 Å². The number of likely N-dealkylation sites (tertiary alicyclic amines) is 1. The Kier molecular flexibility index (Phi) is 3.69. The van der Waals surface area contributed by atoms with Gasteiger partial charge in [-0.2, -0.15) is 0 Å². The van der Waals surface area contributed by atoms with Crippen molar-refractivity contribution in [3.05, 3.63) is 41.3 Å². The number of anilines is 2. The lowest BCUT2D eigenvalue weighted by molar-refractivity contribution is 0.00924. The number of ether oxygens (including phenoxy) is 1. The fourth-order valence-electron chi connectivity index (χ4n) is 4.19. The van der Waals surface area contributed by atoms with Gasteiger partial charge in [0.2, 0.25) is 0 Å². The SMILES string of the molecule is Cc1cncc(N2CC3(CN(C(=O)N4CCOc5cc(Cl)ccc54)C3)C2)n1. The molecule has 0 N–H and O–H groups in total. The molecular weight excluding hydrogens is 366 g/mol. The molecule has 0 unspecified atom stereocenters. The molecule has 0 atom stereocenters. The van der Waals surface area contributed by atoms with Crippen LogP contribution in [0.3, 0.4) is 0 Å². The minimum atomic E-state index is 0.0429. The molecule has 3 aliphatic rings. The van der Waals surface area contributed by atoms with Gasteiger partial charge in [0.1, 0.15) is 18.2 Å². The van der Waals surface area contributed by atoms with Crippen molar-refractivity contribution >= 4 is 29.1 Å². The van der Waals surface area contributed by atoms with Crippen LogP contribution in [0.25, 0.3) is 0 Å². The zero-order chi connectivity index (χ0) is 18.6. The van der Waals surface area contributed by atoms with Gasteiger partial charge in [-0.15, -0.1) is 0 Å². The number of carbonyl (C=O) groups excluding carboxylic acids is 1. The molecule has 1 spiro atoms. The van der Waals surface area contributed by atoms with Crippen LogP contribution in [0.4, 0.5) is 16.3 Å². The Bertz CT molecular complexity index is 907. The Balaban J connectivity index is 1.23. The first kappa shape index (κ1) is 16.6. The smallest absolute Gasteiger partial charge is 0.324 e. The number of urea groups is 1. The number of hydrogen-bond acceptors (Lipinski definition) is 5. The van der Waals surface area contributed by atoms with Crippen molar-refractivity contribution in [2.24, 2.45) is 5.41 Å². The Hall–Kier alpha value is -2.54. The van der Waals surface area contributed by atoms with Crippen molar-refractivity contribution in [3.8, 4) is 5.75 Å². The molecule has 2 amide bonds. The fraction of sp³-hybridized carbons (Fsp3) is 0.421. The van der Waals surface area contributed by atoms with Crippen LogP contribution in [-0.4, -0.2) is 60.2 Å². The molecule has 2 saturated heterocycles. The van der Waals surface area contributed by atoms with Crippen LogP contribution in [0, 0.1) is 12.3 Å². The highest BCUT2D eigenvalue weighted by Gasteiger charge is 2.54. The Morgan fingerprint density at radius 2 is 2.04 bits per heavy atom. The largest absolute Gasteiger partial charge is 0.489 e. The topological polar surface area (TPSA) is 61.8 Å². The second kappa shape index (κ2) is 5.99. The van der Waals surface area contributed by atoms with Crippen molar-refractivity contribution in [2.45, 2.75) is 6.92 Å². The number of rotatable bonds is 1.